The zero-order valence-corrected chi connectivity index (χ0v) is 15.7. The Morgan fingerprint density at radius 1 is 1.17 bits per heavy atom. The van der Waals surface area contributed by atoms with Gasteiger partial charge in [-0.15, -0.1) is 11.8 Å². The Kier molecular flexibility index (Phi) is 5.52. The van der Waals surface area contributed by atoms with Crippen molar-refractivity contribution in [2.75, 3.05) is 37.7 Å². The van der Waals surface area contributed by atoms with Gasteiger partial charge in [-0.1, -0.05) is 0 Å². The highest BCUT2D eigenvalue weighted by Crippen LogP contribution is 2.30. The molecule has 0 saturated carbocycles. The fourth-order valence-corrected chi connectivity index (χ4v) is 5.39. The quantitative estimate of drug-likeness (QED) is 0.821. The van der Waals surface area contributed by atoms with Gasteiger partial charge in [0.25, 0.3) is 5.91 Å². The molecule has 2 aliphatic heterocycles. The molecular weight excluding hydrogens is 344 g/mol. The molecule has 2 heterocycles. The molecule has 1 saturated heterocycles. The number of hydrogen-bond donors (Lipinski definition) is 0. The molecule has 1 amide bonds. The number of nitrogens with zero attached hydrogens (tertiary/aromatic N) is 2. The first-order chi connectivity index (χ1) is 11.5. The summed E-state index contributed by atoms with van der Waals surface area (Å²) >= 11 is 1.86. The second-order valence-corrected chi connectivity index (χ2v) is 9.61. The molecule has 0 atom stereocenters. The standard InChI is InChI=1S/C17H24N2O3S2/c1-2-24(21,22)19-9-4-8-18(10-11-19)17(20)15-6-7-16-14(13-15)5-3-12-23-16/h6-7,13H,2-5,8-12H2,1H3. The number of thioether (sulfide) groups is 1. The van der Waals surface area contributed by atoms with Gasteiger partial charge >= 0.3 is 0 Å². The van der Waals surface area contributed by atoms with Crippen LogP contribution in [0.5, 0.6) is 0 Å². The molecule has 0 N–H and O–H groups in total. The van der Waals surface area contributed by atoms with Crippen LogP contribution in [0.1, 0.15) is 35.7 Å². The molecule has 1 aromatic rings. The van der Waals surface area contributed by atoms with Gasteiger partial charge in [-0.05, 0) is 55.7 Å². The first-order valence-electron chi connectivity index (χ1n) is 8.54. The van der Waals surface area contributed by atoms with Gasteiger partial charge in [0.2, 0.25) is 10.0 Å². The minimum absolute atomic E-state index is 0.0177. The van der Waals surface area contributed by atoms with Crippen molar-refractivity contribution in [1.29, 1.82) is 0 Å². The van der Waals surface area contributed by atoms with Crippen molar-refractivity contribution in [2.45, 2.75) is 31.1 Å². The second-order valence-electron chi connectivity index (χ2n) is 6.22. The Morgan fingerprint density at radius 3 is 2.79 bits per heavy atom. The summed E-state index contributed by atoms with van der Waals surface area (Å²) in [6, 6.07) is 5.98. The third-order valence-corrected chi connectivity index (χ3v) is 7.74. The zero-order chi connectivity index (χ0) is 17.2. The van der Waals surface area contributed by atoms with Crippen LogP contribution in [0, 0.1) is 0 Å². The van der Waals surface area contributed by atoms with Crippen LogP contribution < -0.4 is 0 Å². The fourth-order valence-electron chi connectivity index (χ4n) is 3.23. The maximum atomic E-state index is 12.8. The van der Waals surface area contributed by atoms with Crippen LogP contribution in [0.15, 0.2) is 23.1 Å². The molecule has 132 valence electrons. The maximum Gasteiger partial charge on any atom is 0.253 e. The Bertz CT molecular complexity index is 719. The van der Waals surface area contributed by atoms with Crippen molar-refractivity contribution in [3.8, 4) is 0 Å². The van der Waals surface area contributed by atoms with Crippen LogP contribution in [-0.2, 0) is 16.4 Å². The number of aryl methyl sites for hydroxylation is 1. The van der Waals surface area contributed by atoms with E-state index in [9.17, 15) is 13.2 Å². The molecule has 0 bridgehead atoms. The lowest BCUT2D eigenvalue weighted by Gasteiger charge is -2.23. The first kappa shape index (κ1) is 17.8. The van der Waals surface area contributed by atoms with Gasteiger partial charge in [-0.3, -0.25) is 4.79 Å². The van der Waals surface area contributed by atoms with Crippen molar-refractivity contribution in [3.63, 3.8) is 0 Å². The monoisotopic (exact) mass is 368 g/mol. The molecule has 5 nitrogen and oxygen atoms in total. The summed E-state index contributed by atoms with van der Waals surface area (Å²) in [6.07, 6.45) is 2.88. The summed E-state index contributed by atoms with van der Waals surface area (Å²) in [4.78, 5) is 15.9. The van der Waals surface area contributed by atoms with Gasteiger partial charge < -0.3 is 4.90 Å². The molecule has 0 spiro atoms. The topological polar surface area (TPSA) is 57.7 Å². The lowest BCUT2D eigenvalue weighted by atomic mass is 10.1. The van der Waals surface area contributed by atoms with Crippen molar-refractivity contribution < 1.29 is 13.2 Å². The van der Waals surface area contributed by atoms with E-state index in [0.717, 1.165) is 24.2 Å². The average Bonchev–Trinajstić information content (AvgIpc) is 2.87. The van der Waals surface area contributed by atoms with Gasteiger partial charge in [-0.25, -0.2) is 12.7 Å². The van der Waals surface area contributed by atoms with Gasteiger partial charge in [0.1, 0.15) is 0 Å². The molecular formula is C17H24N2O3S2. The number of amides is 1. The van der Waals surface area contributed by atoms with E-state index in [1.165, 1.54) is 14.8 Å². The smallest absolute Gasteiger partial charge is 0.253 e. The Morgan fingerprint density at radius 2 is 2.00 bits per heavy atom. The molecule has 0 radical (unpaired) electrons. The first-order valence-corrected chi connectivity index (χ1v) is 11.1. The van der Waals surface area contributed by atoms with Crippen molar-refractivity contribution in [2.24, 2.45) is 0 Å². The molecule has 7 heteroatoms. The number of fused-ring (bicyclic) bond motifs is 1. The van der Waals surface area contributed by atoms with E-state index >= 15 is 0 Å². The van der Waals surface area contributed by atoms with E-state index in [-0.39, 0.29) is 11.7 Å². The Labute approximate surface area is 148 Å². The highest BCUT2D eigenvalue weighted by Gasteiger charge is 2.26. The maximum absolute atomic E-state index is 12.8. The lowest BCUT2D eigenvalue weighted by molar-refractivity contribution is 0.0764. The Hall–Kier alpha value is -1.05. The molecule has 0 unspecified atom stereocenters. The van der Waals surface area contributed by atoms with Crippen LogP contribution in [-0.4, -0.2) is 61.2 Å². The zero-order valence-electron chi connectivity index (χ0n) is 14.0. The van der Waals surface area contributed by atoms with Crippen LogP contribution in [0.25, 0.3) is 0 Å². The number of hydrogen-bond acceptors (Lipinski definition) is 4. The van der Waals surface area contributed by atoms with Crippen LogP contribution >= 0.6 is 11.8 Å². The lowest BCUT2D eigenvalue weighted by Crippen LogP contribution is -2.38. The predicted molar refractivity (Wildman–Crippen MR) is 97.0 cm³/mol. The summed E-state index contributed by atoms with van der Waals surface area (Å²) < 4.78 is 25.6. The molecule has 1 aromatic carbocycles. The highest BCUT2D eigenvalue weighted by molar-refractivity contribution is 7.99. The summed E-state index contributed by atoms with van der Waals surface area (Å²) in [7, 11) is -3.18. The molecule has 0 aliphatic carbocycles. The van der Waals surface area contributed by atoms with E-state index in [2.05, 4.69) is 6.07 Å². The third kappa shape index (κ3) is 3.78. The van der Waals surface area contributed by atoms with Crippen LogP contribution in [0.4, 0.5) is 0 Å². The highest BCUT2D eigenvalue weighted by atomic mass is 32.2. The normalized spacial score (nSPS) is 19.6. The molecule has 24 heavy (non-hydrogen) atoms. The SMILES string of the molecule is CCS(=O)(=O)N1CCCN(C(=O)c2ccc3c(c2)CCCS3)CC1. The van der Waals surface area contributed by atoms with E-state index in [1.54, 1.807) is 11.8 Å². The van der Waals surface area contributed by atoms with Crippen molar-refractivity contribution >= 4 is 27.7 Å². The van der Waals surface area contributed by atoms with E-state index in [4.69, 9.17) is 0 Å². The van der Waals surface area contributed by atoms with Gasteiger partial charge in [0.05, 0.1) is 5.75 Å². The summed E-state index contributed by atoms with van der Waals surface area (Å²) in [5.41, 5.74) is 1.99. The van der Waals surface area contributed by atoms with E-state index in [1.807, 2.05) is 23.9 Å². The number of sulfonamides is 1. The minimum atomic E-state index is -3.18. The number of carbonyl (C=O) groups is 1. The molecule has 3 rings (SSSR count). The Balaban J connectivity index is 1.71. The predicted octanol–water partition coefficient (Wildman–Crippen LogP) is 2.22. The third-order valence-electron chi connectivity index (χ3n) is 4.66. The van der Waals surface area contributed by atoms with Crippen molar-refractivity contribution in [1.82, 2.24) is 9.21 Å². The molecule has 1 fully saturated rings. The summed E-state index contributed by atoms with van der Waals surface area (Å²) in [6.45, 7) is 3.63. The van der Waals surface area contributed by atoms with E-state index < -0.39 is 10.0 Å². The summed E-state index contributed by atoms with van der Waals surface area (Å²) in [5, 5.41) is 0. The number of carbonyl (C=O) groups excluding carboxylic acids is 1. The van der Waals surface area contributed by atoms with E-state index in [0.29, 0.717) is 32.6 Å². The fraction of sp³-hybridized carbons (Fsp3) is 0.588. The molecule has 0 aromatic heterocycles. The summed E-state index contributed by atoms with van der Waals surface area (Å²) in [5.74, 6) is 1.28. The van der Waals surface area contributed by atoms with Gasteiger partial charge in [-0.2, -0.15) is 0 Å². The van der Waals surface area contributed by atoms with Gasteiger partial charge in [0.15, 0.2) is 0 Å². The van der Waals surface area contributed by atoms with Crippen LogP contribution in [0.3, 0.4) is 0 Å². The number of rotatable bonds is 3. The molecule has 2 aliphatic rings. The van der Waals surface area contributed by atoms with Gasteiger partial charge in [0, 0.05) is 36.6 Å². The van der Waals surface area contributed by atoms with Crippen molar-refractivity contribution in [3.05, 3.63) is 29.3 Å². The average molecular weight is 369 g/mol. The second kappa shape index (κ2) is 7.45. The number of benzene rings is 1. The largest absolute Gasteiger partial charge is 0.337 e. The minimum Gasteiger partial charge on any atom is -0.337 e. The van der Waals surface area contributed by atoms with Crippen LogP contribution in [0.2, 0.25) is 0 Å².